The maximum absolute atomic E-state index is 10.1. The highest BCUT2D eigenvalue weighted by atomic mass is 16.6. The molecule has 7 atom stereocenters. The van der Waals surface area contributed by atoms with Gasteiger partial charge in [-0.05, 0) is 67.8 Å². The Morgan fingerprint density at radius 3 is 2.92 bits per heavy atom. The van der Waals surface area contributed by atoms with Gasteiger partial charge in [-0.25, -0.2) is 0 Å². The Morgan fingerprint density at radius 2 is 2.04 bits per heavy atom. The van der Waals surface area contributed by atoms with Crippen molar-refractivity contribution in [1.29, 1.82) is 0 Å². The molecule has 0 spiro atoms. The molecule has 3 nitrogen and oxygen atoms in total. The number of aliphatic hydroxyl groups excluding tert-OH is 1. The van der Waals surface area contributed by atoms with E-state index < -0.39 is 0 Å². The fourth-order valence-corrected chi connectivity index (χ4v) is 6.85. The van der Waals surface area contributed by atoms with Crippen molar-refractivity contribution in [1.82, 2.24) is 0 Å². The van der Waals surface area contributed by atoms with Crippen LogP contribution in [0.2, 0.25) is 0 Å². The molecule has 4 aliphatic carbocycles. The lowest BCUT2D eigenvalue weighted by atomic mass is 9.48. The van der Waals surface area contributed by atoms with Crippen LogP contribution in [0, 0.1) is 28.6 Å². The van der Waals surface area contributed by atoms with Crippen LogP contribution in [0.25, 0.3) is 0 Å². The minimum Gasteiger partial charge on any atom is -0.493 e. The molecular formula is C21H30O3. The zero-order valence-electron chi connectivity index (χ0n) is 15.0. The number of hydrogen-bond acceptors (Lipinski definition) is 3. The smallest absolute Gasteiger partial charge is 0.122 e. The zero-order valence-corrected chi connectivity index (χ0v) is 15.0. The van der Waals surface area contributed by atoms with Gasteiger partial charge in [-0.2, -0.15) is 0 Å². The highest BCUT2D eigenvalue weighted by Crippen LogP contribution is 2.64. The van der Waals surface area contributed by atoms with Crippen molar-refractivity contribution in [3.8, 4) is 0 Å². The minimum absolute atomic E-state index is 0.118. The van der Waals surface area contributed by atoms with Crippen LogP contribution in [0.5, 0.6) is 0 Å². The molecule has 1 N–H and O–H groups in total. The van der Waals surface area contributed by atoms with Crippen LogP contribution < -0.4 is 0 Å². The van der Waals surface area contributed by atoms with Crippen molar-refractivity contribution in [3.05, 3.63) is 23.5 Å². The first-order chi connectivity index (χ1) is 11.5. The summed E-state index contributed by atoms with van der Waals surface area (Å²) < 4.78 is 12.1. The molecule has 3 fully saturated rings. The van der Waals surface area contributed by atoms with E-state index in [1.165, 1.54) is 19.3 Å². The van der Waals surface area contributed by atoms with Crippen molar-refractivity contribution in [2.24, 2.45) is 28.6 Å². The average Bonchev–Trinajstić information content (AvgIpc) is 2.89. The predicted octanol–water partition coefficient (Wildman–Crippen LogP) is 3.83. The summed E-state index contributed by atoms with van der Waals surface area (Å²) in [4.78, 5) is 0. The van der Waals surface area contributed by atoms with Gasteiger partial charge >= 0.3 is 0 Å². The van der Waals surface area contributed by atoms with E-state index in [-0.39, 0.29) is 17.6 Å². The molecule has 1 aliphatic heterocycles. The van der Waals surface area contributed by atoms with Crippen LogP contribution in [-0.2, 0) is 9.47 Å². The molecule has 0 radical (unpaired) electrons. The van der Waals surface area contributed by atoms with Crippen molar-refractivity contribution < 1.29 is 14.6 Å². The quantitative estimate of drug-likeness (QED) is 0.686. The van der Waals surface area contributed by atoms with Crippen molar-refractivity contribution >= 4 is 0 Å². The van der Waals surface area contributed by atoms with Gasteiger partial charge in [-0.1, -0.05) is 25.5 Å². The lowest BCUT2D eigenvalue weighted by molar-refractivity contribution is -0.124. The molecule has 0 aromatic heterocycles. The van der Waals surface area contributed by atoms with E-state index in [4.69, 9.17) is 9.47 Å². The van der Waals surface area contributed by atoms with E-state index in [9.17, 15) is 5.11 Å². The Kier molecular flexibility index (Phi) is 3.29. The van der Waals surface area contributed by atoms with Gasteiger partial charge < -0.3 is 14.6 Å². The first kappa shape index (κ1) is 15.5. The van der Waals surface area contributed by atoms with E-state index >= 15 is 0 Å². The number of rotatable bonds is 0. The Labute approximate surface area is 145 Å². The molecule has 0 aromatic rings. The van der Waals surface area contributed by atoms with Gasteiger partial charge in [0, 0.05) is 5.41 Å². The predicted molar refractivity (Wildman–Crippen MR) is 92.3 cm³/mol. The maximum Gasteiger partial charge on any atom is 0.122 e. The second kappa shape index (κ2) is 5.11. The Bertz CT molecular complexity index is 608. The van der Waals surface area contributed by atoms with E-state index in [0.717, 1.165) is 37.5 Å². The molecular weight excluding hydrogens is 300 g/mol. The molecule has 2 saturated carbocycles. The first-order valence-electron chi connectivity index (χ1n) is 9.86. The third-order valence-corrected chi connectivity index (χ3v) is 8.21. The first-order valence-corrected chi connectivity index (χ1v) is 9.86. The standard InChI is InChI=1S/C21H30O3/c1-20-7-5-14(22)11-13(20)3-4-15-16(20)6-8-21(2)17(15)12-18-19(21)24-10-9-23-18/h3,12,14-17,19,22H,4-11H2,1-2H3/t14-,15+,16-,17-,19?,20-,21-/m0/s1. The highest BCUT2D eigenvalue weighted by molar-refractivity contribution is 5.30. The number of hydrogen-bond donors (Lipinski definition) is 1. The van der Waals surface area contributed by atoms with Gasteiger partial charge in [0.2, 0.25) is 0 Å². The summed E-state index contributed by atoms with van der Waals surface area (Å²) in [5.41, 5.74) is 2.06. The number of allylic oxidation sites excluding steroid dienone is 2. The average molecular weight is 330 g/mol. The third-order valence-electron chi connectivity index (χ3n) is 8.21. The Hall–Kier alpha value is -0.800. The minimum atomic E-state index is -0.118. The Balaban J connectivity index is 1.51. The third kappa shape index (κ3) is 1.92. The second-order valence-corrected chi connectivity index (χ2v) is 9.29. The van der Waals surface area contributed by atoms with Crippen LogP contribution in [-0.4, -0.2) is 30.5 Å². The molecule has 5 rings (SSSR count). The van der Waals surface area contributed by atoms with E-state index in [1.54, 1.807) is 5.57 Å². The van der Waals surface area contributed by atoms with Gasteiger partial charge in [0.25, 0.3) is 0 Å². The van der Waals surface area contributed by atoms with Gasteiger partial charge in [-0.15, -0.1) is 0 Å². The van der Waals surface area contributed by atoms with Crippen molar-refractivity contribution in [2.75, 3.05) is 13.2 Å². The summed E-state index contributed by atoms with van der Waals surface area (Å²) in [5, 5.41) is 10.1. The van der Waals surface area contributed by atoms with E-state index in [0.29, 0.717) is 23.9 Å². The maximum atomic E-state index is 10.1. The summed E-state index contributed by atoms with van der Waals surface area (Å²) in [7, 11) is 0. The highest BCUT2D eigenvalue weighted by Gasteiger charge is 2.60. The molecule has 0 bridgehead atoms. The van der Waals surface area contributed by atoms with Gasteiger partial charge in [0.1, 0.15) is 18.5 Å². The molecule has 1 heterocycles. The summed E-state index contributed by atoms with van der Waals surface area (Å²) in [5.74, 6) is 3.15. The van der Waals surface area contributed by atoms with Crippen LogP contribution in [0.1, 0.15) is 52.4 Å². The van der Waals surface area contributed by atoms with E-state index in [2.05, 4.69) is 26.0 Å². The van der Waals surface area contributed by atoms with Gasteiger partial charge in [0.15, 0.2) is 0 Å². The fraction of sp³-hybridized carbons (Fsp3) is 0.810. The monoisotopic (exact) mass is 330 g/mol. The van der Waals surface area contributed by atoms with Crippen molar-refractivity contribution in [3.63, 3.8) is 0 Å². The van der Waals surface area contributed by atoms with Crippen LogP contribution in [0.4, 0.5) is 0 Å². The van der Waals surface area contributed by atoms with Crippen LogP contribution in [0.3, 0.4) is 0 Å². The molecule has 3 heteroatoms. The number of fused-ring (bicyclic) bond motifs is 7. The summed E-state index contributed by atoms with van der Waals surface area (Å²) in [6, 6.07) is 0. The topological polar surface area (TPSA) is 38.7 Å². The molecule has 5 aliphatic rings. The molecule has 1 unspecified atom stereocenters. The number of ether oxygens (including phenoxy) is 2. The summed E-state index contributed by atoms with van der Waals surface area (Å²) in [6.07, 6.45) is 11.7. The lowest BCUT2D eigenvalue weighted by Gasteiger charge is -2.57. The Morgan fingerprint density at radius 1 is 1.17 bits per heavy atom. The largest absolute Gasteiger partial charge is 0.493 e. The van der Waals surface area contributed by atoms with E-state index in [1.807, 2.05) is 0 Å². The molecule has 24 heavy (non-hydrogen) atoms. The van der Waals surface area contributed by atoms with Gasteiger partial charge in [-0.3, -0.25) is 0 Å². The zero-order chi connectivity index (χ0) is 16.5. The SMILES string of the molecule is C[C@]12CC[C@H](O)CC1=CC[C@@H]1[C@@H]2CC[C@]2(C)C3OCCOC3=C[C@@H]12. The molecule has 132 valence electrons. The fourth-order valence-electron chi connectivity index (χ4n) is 6.85. The molecule has 0 amide bonds. The van der Waals surface area contributed by atoms with Crippen molar-refractivity contribution in [2.45, 2.75) is 64.6 Å². The normalized spacial score (nSPS) is 52.9. The molecule has 1 saturated heterocycles. The lowest BCUT2D eigenvalue weighted by Crippen LogP contribution is -2.52. The number of aliphatic hydroxyl groups is 1. The summed E-state index contributed by atoms with van der Waals surface area (Å²) >= 11 is 0. The molecule has 0 aromatic carbocycles. The summed E-state index contributed by atoms with van der Waals surface area (Å²) in [6.45, 7) is 6.35. The van der Waals surface area contributed by atoms with Gasteiger partial charge in [0.05, 0.1) is 12.7 Å². The van der Waals surface area contributed by atoms with Crippen LogP contribution >= 0.6 is 0 Å². The van der Waals surface area contributed by atoms with Crippen LogP contribution in [0.15, 0.2) is 23.5 Å². The second-order valence-electron chi connectivity index (χ2n) is 9.29.